The topological polar surface area (TPSA) is 37.3 Å². The zero-order chi connectivity index (χ0) is 14.9. The Hall–Kier alpha value is -2.29. The molecular formula is C18H20O2. The lowest BCUT2D eigenvalue weighted by atomic mass is 10.2. The van der Waals surface area contributed by atoms with Crippen LogP contribution in [0.15, 0.2) is 0 Å². The van der Waals surface area contributed by atoms with Gasteiger partial charge in [0.1, 0.15) is 0 Å². The summed E-state index contributed by atoms with van der Waals surface area (Å²) in [4.78, 5) is 10.3. The Balaban J connectivity index is 3.56. The van der Waals surface area contributed by atoms with Gasteiger partial charge >= 0.3 is 5.97 Å². The average Bonchev–Trinajstić information content (AvgIpc) is 2.43. The highest BCUT2D eigenvalue weighted by atomic mass is 16.4. The van der Waals surface area contributed by atoms with Crippen LogP contribution in [0.1, 0.15) is 58.3 Å². The first-order valence-corrected chi connectivity index (χ1v) is 6.82. The Morgan fingerprint density at radius 1 is 0.800 bits per heavy atom. The van der Waals surface area contributed by atoms with E-state index in [9.17, 15) is 4.79 Å². The predicted molar refractivity (Wildman–Crippen MR) is 81.3 cm³/mol. The third-order valence-corrected chi connectivity index (χ3v) is 2.15. The summed E-state index contributed by atoms with van der Waals surface area (Å²) in [5.41, 5.74) is 0. The van der Waals surface area contributed by atoms with E-state index in [-0.39, 0.29) is 6.42 Å². The van der Waals surface area contributed by atoms with Crippen LogP contribution in [0.5, 0.6) is 0 Å². The average molecular weight is 268 g/mol. The van der Waals surface area contributed by atoms with Gasteiger partial charge in [-0.05, 0) is 12.8 Å². The highest BCUT2D eigenvalue weighted by molar-refractivity contribution is 5.66. The van der Waals surface area contributed by atoms with Crippen molar-refractivity contribution >= 4 is 5.97 Å². The number of aliphatic carboxylic acids is 1. The first-order chi connectivity index (χ1) is 9.77. The second-order valence-corrected chi connectivity index (χ2v) is 3.90. The van der Waals surface area contributed by atoms with Crippen LogP contribution in [0.4, 0.5) is 0 Å². The number of carboxylic acids is 1. The largest absolute Gasteiger partial charge is 0.481 e. The molecular weight excluding hydrogens is 248 g/mol. The number of unbranched alkanes of at least 4 members (excludes halogenated alkanes) is 2. The fourth-order valence-corrected chi connectivity index (χ4v) is 1.21. The maximum Gasteiger partial charge on any atom is 0.303 e. The van der Waals surface area contributed by atoms with E-state index in [1.807, 2.05) is 6.92 Å². The van der Waals surface area contributed by atoms with Crippen molar-refractivity contribution in [3.8, 4) is 47.4 Å². The highest BCUT2D eigenvalue weighted by Gasteiger charge is 1.93. The molecule has 0 amide bonds. The summed E-state index contributed by atoms with van der Waals surface area (Å²) in [6.45, 7) is 2.01. The second kappa shape index (κ2) is 14.8. The summed E-state index contributed by atoms with van der Waals surface area (Å²) in [5, 5.41) is 8.44. The van der Waals surface area contributed by atoms with Gasteiger partial charge in [-0.25, -0.2) is 0 Å². The Morgan fingerprint density at radius 2 is 1.30 bits per heavy atom. The molecule has 0 radical (unpaired) electrons. The van der Waals surface area contributed by atoms with E-state index < -0.39 is 5.97 Å². The Kier molecular flexibility index (Phi) is 13.1. The molecule has 0 bridgehead atoms. The number of hydrogen-bond donors (Lipinski definition) is 1. The zero-order valence-corrected chi connectivity index (χ0v) is 12.0. The standard InChI is InChI=1S/C18H20O2/c1-2-3-4-5-6-7-8-9-10-11-12-13-14-15-16-17-18(19)20/h2,5,8,11,14-17H2,1H3,(H,19,20). The van der Waals surface area contributed by atoms with Crippen LogP contribution in [0.25, 0.3) is 0 Å². The first-order valence-electron chi connectivity index (χ1n) is 6.82. The van der Waals surface area contributed by atoms with E-state index in [2.05, 4.69) is 47.4 Å². The lowest BCUT2D eigenvalue weighted by Crippen LogP contribution is -1.92. The molecule has 0 aliphatic heterocycles. The normalized spacial score (nSPS) is 7.65. The Bertz CT molecular complexity index is 513. The van der Waals surface area contributed by atoms with Crippen LogP contribution in [0, 0.1) is 47.4 Å². The lowest BCUT2D eigenvalue weighted by molar-refractivity contribution is -0.137. The van der Waals surface area contributed by atoms with Gasteiger partial charge in [0.05, 0.1) is 19.3 Å². The molecule has 2 nitrogen and oxygen atoms in total. The van der Waals surface area contributed by atoms with Crippen molar-refractivity contribution in [2.75, 3.05) is 0 Å². The van der Waals surface area contributed by atoms with E-state index in [0.717, 1.165) is 19.3 Å². The molecule has 0 heterocycles. The fourth-order valence-electron chi connectivity index (χ4n) is 1.21. The Labute approximate surface area is 122 Å². The summed E-state index contributed by atoms with van der Waals surface area (Å²) >= 11 is 0. The molecule has 0 unspecified atom stereocenters. The van der Waals surface area contributed by atoms with Crippen LogP contribution in [-0.4, -0.2) is 11.1 Å². The summed E-state index contributed by atoms with van der Waals surface area (Å²) in [6.07, 6.45) is 5.09. The number of rotatable bonds is 4. The van der Waals surface area contributed by atoms with E-state index >= 15 is 0 Å². The van der Waals surface area contributed by atoms with Crippen molar-refractivity contribution in [2.24, 2.45) is 0 Å². The predicted octanol–water partition coefficient (Wildman–Crippen LogP) is 3.23. The van der Waals surface area contributed by atoms with Crippen molar-refractivity contribution in [3.05, 3.63) is 0 Å². The van der Waals surface area contributed by atoms with Crippen molar-refractivity contribution in [1.82, 2.24) is 0 Å². The maximum absolute atomic E-state index is 10.3. The van der Waals surface area contributed by atoms with E-state index in [0.29, 0.717) is 25.7 Å². The van der Waals surface area contributed by atoms with Crippen molar-refractivity contribution in [1.29, 1.82) is 0 Å². The van der Waals surface area contributed by atoms with Gasteiger partial charge in [-0.15, -0.1) is 11.8 Å². The zero-order valence-electron chi connectivity index (χ0n) is 12.0. The van der Waals surface area contributed by atoms with Gasteiger partial charge in [0, 0.05) is 19.3 Å². The van der Waals surface area contributed by atoms with Crippen molar-refractivity contribution < 1.29 is 9.90 Å². The number of hydrogen-bond acceptors (Lipinski definition) is 1. The highest BCUT2D eigenvalue weighted by Crippen LogP contribution is 1.98. The maximum atomic E-state index is 10.3. The molecule has 0 saturated heterocycles. The van der Waals surface area contributed by atoms with Gasteiger partial charge in [0.2, 0.25) is 0 Å². The summed E-state index contributed by atoms with van der Waals surface area (Å²) in [7, 11) is 0. The van der Waals surface area contributed by atoms with Crippen LogP contribution >= 0.6 is 0 Å². The molecule has 0 fully saturated rings. The van der Waals surface area contributed by atoms with Gasteiger partial charge in [0.25, 0.3) is 0 Å². The molecule has 0 saturated carbocycles. The molecule has 20 heavy (non-hydrogen) atoms. The molecule has 0 aromatic heterocycles. The SMILES string of the molecule is CCC#CCC#CCC#CCC#CCCCCC(=O)O. The van der Waals surface area contributed by atoms with Gasteiger partial charge in [-0.2, -0.15) is 0 Å². The minimum atomic E-state index is -0.745. The molecule has 2 heteroatoms. The Morgan fingerprint density at radius 3 is 1.80 bits per heavy atom. The minimum absolute atomic E-state index is 0.225. The monoisotopic (exact) mass is 268 g/mol. The summed E-state index contributed by atoms with van der Waals surface area (Å²) < 4.78 is 0. The van der Waals surface area contributed by atoms with Gasteiger partial charge < -0.3 is 5.11 Å². The third kappa shape index (κ3) is 15.7. The number of carboxylic acid groups (broad SMARTS) is 1. The molecule has 0 spiro atoms. The van der Waals surface area contributed by atoms with E-state index in [1.54, 1.807) is 0 Å². The van der Waals surface area contributed by atoms with Crippen molar-refractivity contribution in [2.45, 2.75) is 58.3 Å². The molecule has 0 aromatic rings. The van der Waals surface area contributed by atoms with Crippen LogP contribution in [0.3, 0.4) is 0 Å². The first kappa shape index (κ1) is 17.7. The van der Waals surface area contributed by atoms with Gasteiger partial charge in [-0.1, -0.05) is 42.4 Å². The molecule has 1 N–H and O–H groups in total. The molecule has 0 aliphatic rings. The van der Waals surface area contributed by atoms with E-state index in [4.69, 9.17) is 5.11 Å². The lowest BCUT2D eigenvalue weighted by Gasteiger charge is -1.90. The minimum Gasteiger partial charge on any atom is -0.481 e. The molecule has 0 atom stereocenters. The molecule has 0 aliphatic carbocycles. The van der Waals surface area contributed by atoms with Crippen molar-refractivity contribution in [3.63, 3.8) is 0 Å². The van der Waals surface area contributed by atoms with Crippen LogP contribution < -0.4 is 0 Å². The van der Waals surface area contributed by atoms with Gasteiger partial charge in [0.15, 0.2) is 0 Å². The van der Waals surface area contributed by atoms with Crippen LogP contribution in [0.2, 0.25) is 0 Å². The van der Waals surface area contributed by atoms with Gasteiger partial charge in [-0.3, -0.25) is 4.79 Å². The fraction of sp³-hybridized carbons (Fsp3) is 0.500. The smallest absolute Gasteiger partial charge is 0.303 e. The third-order valence-electron chi connectivity index (χ3n) is 2.15. The van der Waals surface area contributed by atoms with Crippen LogP contribution in [-0.2, 0) is 4.79 Å². The quantitative estimate of drug-likeness (QED) is 0.628. The molecule has 0 rings (SSSR count). The summed E-state index contributed by atoms with van der Waals surface area (Å²) in [5.74, 6) is 22.9. The summed E-state index contributed by atoms with van der Waals surface area (Å²) in [6, 6.07) is 0. The molecule has 0 aromatic carbocycles. The van der Waals surface area contributed by atoms with E-state index in [1.165, 1.54) is 0 Å². The molecule has 104 valence electrons. The second-order valence-electron chi connectivity index (χ2n) is 3.90. The number of carbonyl (C=O) groups is 1.